The first kappa shape index (κ1) is 20.2. The van der Waals surface area contributed by atoms with Crippen molar-refractivity contribution in [3.8, 4) is 0 Å². The number of fused-ring (bicyclic) bond motifs is 1. The molecule has 2 heterocycles. The van der Waals surface area contributed by atoms with Crippen LogP contribution < -0.4 is 21.7 Å². The molecule has 0 radical (unpaired) electrons. The maximum absolute atomic E-state index is 12.8. The first-order valence-corrected chi connectivity index (χ1v) is 9.63. The molecule has 1 fully saturated rings. The molecule has 1 saturated heterocycles. The Bertz CT molecular complexity index is 754. The Hall–Kier alpha value is -2.49. The number of hydrogen-bond acceptors (Lipinski definition) is 6. The van der Waals surface area contributed by atoms with Crippen molar-refractivity contribution >= 4 is 23.4 Å². The molecule has 0 saturated carbocycles. The third-order valence-electron chi connectivity index (χ3n) is 5.05. The SMILES string of the molecule is NCCNCCCC(=O)Nc1cccc2c1CN(C1CCC(O)NC1=O)C2=O. The summed E-state index contributed by atoms with van der Waals surface area (Å²) in [6.07, 6.45) is 0.999. The normalized spacial score (nSPS) is 21.4. The van der Waals surface area contributed by atoms with E-state index in [2.05, 4.69) is 16.0 Å². The van der Waals surface area contributed by atoms with Crippen molar-refractivity contribution in [1.29, 1.82) is 0 Å². The predicted octanol–water partition coefficient (Wildman–Crippen LogP) is -0.494. The Kier molecular flexibility index (Phi) is 6.61. The molecule has 1 aromatic rings. The van der Waals surface area contributed by atoms with Crippen LogP contribution in [0.4, 0.5) is 5.69 Å². The summed E-state index contributed by atoms with van der Waals surface area (Å²) in [5, 5.41) is 18.0. The molecule has 1 aromatic carbocycles. The lowest BCUT2D eigenvalue weighted by molar-refractivity contribution is -0.132. The average Bonchev–Trinajstić information content (AvgIpc) is 2.99. The van der Waals surface area contributed by atoms with Crippen LogP contribution in [0.3, 0.4) is 0 Å². The van der Waals surface area contributed by atoms with Gasteiger partial charge in [0.25, 0.3) is 5.91 Å². The van der Waals surface area contributed by atoms with Crippen LogP contribution in [0.1, 0.15) is 41.6 Å². The maximum Gasteiger partial charge on any atom is 0.255 e. The van der Waals surface area contributed by atoms with E-state index in [9.17, 15) is 19.5 Å². The number of nitrogens with one attached hydrogen (secondary N) is 3. The van der Waals surface area contributed by atoms with Gasteiger partial charge in [-0.2, -0.15) is 0 Å². The molecule has 0 aliphatic carbocycles. The van der Waals surface area contributed by atoms with Crippen molar-refractivity contribution in [2.75, 3.05) is 25.0 Å². The standard InChI is InChI=1S/C19H27N5O4/c20-8-10-21-9-2-5-16(25)22-14-4-1-3-12-13(14)11-24(19(12)28)15-6-7-17(26)23-18(15)27/h1,3-4,15,17,21,26H,2,5-11,20H2,(H,22,25)(H,23,27). The first-order valence-electron chi connectivity index (χ1n) is 9.63. The van der Waals surface area contributed by atoms with Gasteiger partial charge in [-0.25, -0.2) is 0 Å². The second-order valence-corrected chi connectivity index (χ2v) is 7.07. The number of aliphatic hydroxyl groups is 1. The first-order chi connectivity index (χ1) is 13.5. The molecule has 0 bridgehead atoms. The molecule has 2 aliphatic rings. The Morgan fingerprint density at radius 2 is 2.11 bits per heavy atom. The number of piperidine rings is 1. The Balaban J connectivity index is 1.63. The maximum atomic E-state index is 12.8. The Morgan fingerprint density at radius 1 is 1.29 bits per heavy atom. The summed E-state index contributed by atoms with van der Waals surface area (Å²) in [5.41, 5.74) is 7.23. The smallest absolute Gasteiger partial charge is 0.255 e. The van der Waals surface area contributed by atoms with Crippen LogP contribution in [0.25, 0.3) is 0 Å². The molecule has 28 heavy (non-hydrogen) atoms. The van der Waals surface area contributed by atoms with E-state index in [0.717, 1.165) is 12.1 Å². The van der Waals surface area contributed by atoms with Crippen LogP contribution in [0.2, 0.25) is 0 Å². The molecule has 0 spiro atoms. The third kappa shape index (κ3) is 4.49. The van der Waals surface area contributed by atoms with Crippen molar-refractivity contribution in [3.05, 3.63) is 29.3 Å². The number of hydrogen-bond donors (Lipinski definition) is 5. The highest BCUT2D eigenvalue weighted by Crippen LogP contribution is 2.32. The topological polar surface area (TPSA) is 137 Å². The van der Waals surface area contributed by atoms with Gasteiger partial charge in [-0.3, -0.25) is 14.4 Å². The number of nitrogens with zero attached hydrogens (tertiary/aromatic N) is 1. The van der Waals surface area contributed by atoms with E-state index < -0.39 is 12.3 Å². The number of carbonyl (C=O) groups is 3. The monoisotopic (exact) mass is 389 g/mol. The second-order valence-electron chi connectivity index (χ2n) is 7.07. The fourth-order valence-electron chi connectivity index (χ4n) is 3.61. The van der Waals surface area contributed by atoms with Gasteiger partial charge in [0.1, 0.15) is 12.3 Å². The molecular formula is C19H27N5O4. The number of nitrogens with two attached hydrogens (primary N) is 1. The van der Waals surface area contributed by atoms with Crippen LogP contribution in [-0.2, 0) is 16.1 Å². The summed E-state index contributed by atoms with van der Waals surface area (Å²) >= 11 is 0. The zero-order chi connectivity index (χ0) is 20.1. The number of anilines is 1. The minimum Gasteiger partial charge on any atom is -0.374 e. The Morgan fingerprint density at radius 3 is 2.86 bits per heavy atom. The second kappa shape index (κ2) is 9.13. The molecule has 3 amide bonds. The summed E-state index contributed by atoms with van der Waals surface area (Å²) in [7, 11) is 0. The summed E-state index contributed by atoms with van der Waals surface area (Å²) < 4.78 is 0. The zero-order valence-corrected chi connectivity index (χ0v) is 15.7. The van der Waals surface area contributed by atoms with Gasteiger partial charge in [0.05, 0.1) is 0 Å². The lowest BCUT2D eigenvalue weighted by Crippen LogP contribution is -2.54. The van der Waals surface area contributed by atoms with Crippen molar-refractivity contribution in [3.63, 3.8) is 0 Å². The number of benzene rings is 1. The lowest BCUT2D eigenvalue weighted by Gasteiger charge is -2.32. The molecule has 6 N–H and O–H groups in total. The molecular weight excluding hydrogens is 362 g/mol. The van der Waals surface area contributed by atoms with E-state index in [-0.39, 0.29) is 24.3 Å². The van der Waals surface area contributed by atoms with E-state index in [1.807, 2.05) is 0 Å². The molecule has 9 heteroatoms. The van der Waals surface area contributed by atoms with E-state index in [0.29, 0.717) is 50.0 Å². The summed E-state index contributed by atoms with van der Waals surface area (Å²) in [6.45, 7) is 2.26. The van der Waals surface area contributed by atoms with Gasteiger partial charge >= 0.3 is 0 Å². The fourth-order valence-corrected chi connectivity index (χ4v) is 3.61. The number of aliphatic hydroxyl groups excluding tert-OH is 1. The molecule has 152 valence electrons. The average molecular weight is 389 g/mol. The van der Waals surface area contributed by atoms with Crippen molar-refractivity contribution in [1.82, 2.24) is 15.5 Å². The molecule has 0 aromatic heterocycles. The predicted molar refractivity (Wildman–Crippen MR) is 103 cm³/mol. The largest absolute Gasteiger partial charge is 0.374 e. The van der Waals surface area contributed by atoms with E-state index in [1.165, 1.54) is 4.90 Å². The third-order valence-corrected chi connectivity index (χ3v) is 5.05. The Labute approximate surface area is 163 Å². The number of carbonyl (C=O) groups excluding carboxylic acids is 3. The van der Waals surface area contributed by atoms with Crippen LogP contribution in [0.5, 0.6) is 0 Å². The molecule has 2 aliphatic heterocycles. The van der Waals surface area contributed by atoms with Gasteiger partial charge in [0.2, 0.25) is 11.8 Å². The highest BCUT2D eigenvalue weighted by atomic mass is 16.3. The quantitative estimate of drug-likeness (QED) is 0.381. The van der Waals surface area contributed by atoms with Gasteiger partial charge in [0, 0.05) is 42.9 Å². The summed E-state index contributed by atoms with van der Waals surface area (Å²) in [6, 6.07) is 4.59. The van der Waals surface area contributed by atoms with Gasteiger partial charge in [-0.1, -0.05) is 6.07 Å². The van der Waals surface area contributed by atoms with Gasteiger partial charge in [0.15, 0.2) is 0 Å². The number of rotatable bonds is 8. The zero-order valence-electron chi connectivity index (χ0n) is 15.7. The molecule has 3 rings (SSSR count). The number of amides is 3. The van der Waals surface area contributed by atoms with Crippen molar-refractivity contribution in [2.24, 2.45) is 5.73 Å². The highest BCUT2D eigenvalue weighted by molar-refractivity contribution is 6.04. The van der Waals surface area contributed by atoms with Crippen molar-refractivity contribution < 1.29 is 19.5 Å². The van der Waals surface area contributed by atoms with Gasteiger partial charge < -0.3 is 31.7 Å². The fraction of sp³-hybridized carbons (Fsp3) is 0.526. The minimum absolute atomic E-state index is 0.118. The van der Waals surface area contributed by atoms with Crippen LogP contribution >= 0.6 is 0 Å². The van der Waals surface area contributed by atoms with Crippen LogP contribution in [-0.4, -0.2) is 59.6 Å². The van der Waals surface area contributed by atoms with E-state index in [1.54, 1.807) is 18.2 Å². The van der Waals surface area contributed by atoms with Gasteiger partial charge in [-0.05, 0) is 37.9 Å². The highest BCUT2D eigenvalue weighted by Gasteiger charge is 2.39. The van der Waals surface area contributed by atoms with E-state index in [4.69, 9.17) is 5.73 Å². The van der Waals surface area contributed by atoms with Crippen LogP contribution in [0, 0.1) is 0 Å². The van der Waals surface area contributed by atoms with Crippen LogP contribution in [0.15, 0.2) is 18.2 Å². The lowest BCUT2D eigenvalue weighted by atomic mass is 10.0. The molecule has 9 nitrogen and oxygen atoms in total. The van der Waals surface area contributed by atoms with Crippen molar-refractivity contribution in [2.45, 2.75) is 44.5 Å². The summed E-state index contributed by atoms with van der Waals surface area (Å²) in [5.74, 6) is -0.698. The van der Waals surface area contributed by atoms with E-state index >= 15 is 0 Å². The minimum atomic E-state index is -0.863. The summed E-state index contributed by atoms with van der Waals surface area (Å²) in [4.78, 5) is 38.7. The van der Waals surface area contributed by atoms with Gasteiger partial charge in [-0.15, -0.1) is 0 Å². The molecule has 2 unspecified atom stereocenters. The molecule has 2 atom stereocenters.